The maximum absolute atomic E-state index is 13.5. The molecule has 3 aliphatic rings. The molecule has 8 heteroatoms. The maximum Gasteiger partial charge on any atom is 0.416 e. The van der Waals surface area contributed by atoms with Crippen LogP contribution in [-0.4, -0.2) is 42.1 Å². The van der Waals surface area contributed by atoms with Crippen molar-refractivity contribution in [1.82, 2.24) is 9.21 Å². The summed E-state index contributed by atoms with van der Waals surface area (Å²) in [6.07, 6.45) is -0.397. The number of sulfonamides is 1. The van der Waals surface area contributed by atoms with Crippen LogP contribution in [-0.2, 0) is 42.0 Å². The van der Waals surface area contributed by atoms with E-state index in [0.717, 1.165) is 42.6 Å². The second-order valence-electron chi connectivity index (χ2n) is 9.34. The third-order valence-electron chi connectivity index (χ3n) is 6.97. The van der Waals surface area contributed by atoms with Crippen molar-refractivity contribution in [3.8, 4) is 0 Å². The van der Waals surface area contributed by atoms with Crippen molar-refractivity contribution in [2.45, 2.75) is 63.2 Å². The largest absolute Gasteiger partial charge is 0.416 e. The van der Waals surface area contributed by atoms with E-state index in [2.05, 4.69) is 4.90 Å². The molecular weight excluding hydrogens is 437 g/mol. The summed E-state index contributed by atoms with van der Waals surface area (Å²) >= 11 is 0. The fraction of sp³-hybridized carbons (Fsp3) is 0.500. The van der Waals surface area contributed by atoms with Crippen molar-refractivity contribution >= 4 is 10.0 Å². The number of likely N-dealkylation sites (tertiary alicyclic amines) is 1. The number of nitrogens with zero attached hydrogens (tertiary/aromatic N) is 2. The Morgan fingerprint density at radius 1 is 0.938 bits per heavy atom. The highest BCUT2D eigenvalue weighted by atomic mass is 32.2. The number of benzene rings is 2. The third kappa shape index (κ3) is 4.20. The summed E-state index contributed by atoms with van der Waals surface area (Å²) in [4.78, 5) is 2.21. The van der Waals surface area contributed by atoms with E-state index < -0.39 is 27.1 Å². The fourth-order valence-electron chi connectivity index (χ4n) is 5.32. The van der Waals surface area contributed by atoms with Crippen molar-refractivity contribution in [1.29, 1.82) is 0 Å². The smallest absolute Gasteiger partial charge is 0.299 e. The molecule has 4 nitrogen and oxygen atoms in total. The molecule has 0 bridgehead atoms. The molecule has 0 spiro atoms. The first kappa shape index (κ1) is 21.9. The first-order chi connectivity index (χ1) is 15.1. The van der Waals surface area contributed by atoms with Gasteiger partial charge in [0, 0.05) is 12.6 Å². The molecule has 1 aliphatic carbocycles. The lowest BCUT2D eigenvalue weighted by Gasteiger charge is -2.18. The minimum absolute atomic E-state index is 0.0409. The zero-order chi connectivity index (χ0) is 22.7. The van der Waals surface area contributed by atoms with Gasteiger partial charge in [-0.05, 0) is 92.1 Å². The van der Waals surface area contributed by atoms with Gasteiger partial charge in [-0.3, -0.25) is 4.90 Å². The van der Waals surface area contributed by atoms with Gasteiger partial charge in [-0.15, -0.1) is 0 Å². The van der Waals surface area contributed by atoms with E-state index in [9.17, 15) is 21.6 Å². The van der Waals surface area contributed by atoms with Crippen LogP contribution in [0.2, 0.25) is 0 Å². The van der Waals surface area contributed by atoms with Crippen LogP contribution in [0.3, 0.4) is 0 Å². The Hall–Kier alpha value is -1.90. The Bertz CT molecular complexity index is 1140. The van der Waals surface area contributed by atoms with Crippen molar-refractivity contribution in [2.75, 3.05) is 13.1 Å². The summed E-state index contributed by atoms with van der Waals surface area (Å²) in [6, 6.07) is 10.4. The predicted octanol–water partition coefficient (Wildman–Crippen LogP) is 4.35. The molecule has 0 aromatic heterocycles. The van der Waals surface area contributed by atoms with Crippen LogP contribution < -0.4 is 0 Å². The van der Waals surface area contributed by atoms with Crippen molar-refractivity contribution in [2.24, 2.45) is 0 Å². The van der Waals surface area contributed by atoms with Gasteiger partial charge in [0.05, 0.1) is 5.56 Å². The highest BCUT2D eigenvalue weighted by Crippen LogP contribution is 2.39. The maximum atomic E-state index is 13.5. The lowest BCUT2D eigenvalue weighted by atomic mass is 9.97. The second kappa shape index (κ2) is 7.85. The Kier molecular flexibility index (Phi) is 5.38. The summed E-state index contributed by atoms with van der Waals surface area (Å²) in [5, 5.41) is -0.416. The van der Waals surface area contributed by atoms with E-state index in [-0.39, 0.29) is 6.04 Å². The third-order valence-corrected chi connectivity index (χ3v) is 9.05. The Balaban J connectivity index is 1.36. The van der Waals surface area contributed by atoms with Gasteiger partial charge in [0.2, 0.25) is 10.0 Å². The van der Waals surface area contributed by atoms with Crippen LogP contribution in [0.25, 0.3) is 0 Å². The normalized spacial score (nSPS) is 26.9. The molecule has 2 aliphatic heterocycles. The second-order valence-corrected chi connectivity index (χ2v) is 11.5. The van der Waals surface area contributed by atoms with E-state index in [4.69, 9.17) is 0 Å². The molecule has 2 aromatic carbocycles. The minimum Gasteiger partial charge on any atom is -0.299 e. The van der Waals surface area contributed by atoms with Crippen molar-refractivity contribution in [3.63, 3.8) is 0 Å². The molecule has 2 unspecified atom stereocenters. The Morgan fingerprint density at radius 2 is 1.59 bits per heavy atom. The van der Waals surface area contributed by atoms with Gasteiger partial charge in [0.25, 0.3) is 0 Å². The highest BCUT2D eigenvalue weighted by molar-refractivity contribution is 7.95. The summed E-state index contributed by atoms with van der Waals surface area (Å²) in [7, 11) is -3.11. The topological polar surface area (TPSA) is 40.4 Å². The molecule has 0 amide bonds. The molecule has 2 aromatic rings. The van der Waals surface area contributed by atoms with E-state index >= 15 is 0 Å². The molecule has 2 fully saturated rings. The first-order valence-electron chi connectivity index (χ1n) is 11.2. The number of alkyl halides is 3. The van der Waals surface area contributed by atoms with Gasteiger partial charge in [-0.25, -0.2) is 8.42 Å². The Labute approximate surface area is 187 Å². The first-order valence-corrected chi connectivity index (χ1v) is 12.7. The summed E-state index contributed by atoms with van der Waals surface area (Å²) in [5.41, 5.74) is 3.96. The van der Waals surface area contributed by atoms with Gasteiger partial charge >= 0.3 is 6.18 Å². The lowest BCUT2D eigenvalue weighted by molar-refractivity contribution is -0.137. The van der Waals surface area contributed by atoms with Crippen molar-refractivity contribution < 1.29 is 21.6 Å². The highest BCUT2D eigenvalue weighted by Gasteiger charge is 2.55. The number of rotatable bonds is 5. The van der Waals surface area contributed by atoms with Crippen LogP contribution in [0, 0.1) is 0 Å². The zero-order valence-corrected chi connectivity index (χ0v) is 18.8. The zero-order valence-electron chi connectivity index (χ0n) is 18.0. The Morgan fingerprint density at radius 3 is 2.25 bits per heavy atom. The van der Waals surface area contributed by atoms with E-state index in [1.54, 1.807) is 11.2 Å². The van der Waals surface area contributed by atoms with Crippen LogP contribution in [0.4, 0.5) is 13.2 Å². The van der Waals surface area contributed by atoms with Crippen LogP contribution in [0.5, 0.6) is 0 Å². The monoisotopic (exact) mass is 464 g/mol. The van der Waals surface area contributed by atoms with Crippen LogP contribution >= 0.6 is 0 Å². The van der Waals surface area contributed by atoms with E-state index in [1.165, 1.54) is 12.1 Å². The average molecular weight is 465 g/mol. The summed E-state index contributed by atoms with van der Waals surface area (Å²) < 4.78 is 66.1. The molecule has 2 heterocycles. The summed E-state index contributed by atoms with van der Waals surface area (Å²) in [6.45, 7) is 4.12. The van der Waals surface area contributed by atoms with Gasteiger partial charge < -0.3 is 0 Å². The molecule has 5 rings (SSSR count). The lowest BCUT2D eigenvalue weighted by Crippen LogP contribution is -2.20. The van der Waals surface area contributed by atoms with Gasteiger partial charge in [-0.2, -0.15) is 17.5 Å². The van der Waals surface area contributed by atoms with Crippen molar-refractivity contribution in [3.05, 3.63) is 69.8 Å². The number of fused-ring (bicyclic) bond motifs is 1. The SMILES string of the molecule is CC1N([C@H]2Cc3ccc(Cc4cc(CN5CCCC5)cc(C(F)(F)F)c4)cc3C2)S1(=O)=O. The quantitative estimate of drug-likeness (QED) is 0.618. The number of halogens is 3. The molecule has 32 heavy (non-hydrogen) atoms. The fourth-order valence-corrected chi connectivity index (χ4v) is 6.90. The van der Waals surface area contributed by atoms with Gasteiger partial charge in [0.1, 0.15) is 5.37 Å². The molecule has 0 radical (unpaired) electrons. The predicted molar refractivity (Wildman–Crippen MR) is 117 cm³/mol. The van der Waals surface area contributed by atoms with Crippen LogP contribution in [0.1, 0.15) is 53.1 Å². The molecule has 0 N–H and O–H groups in total. The molecular formula is C24H27F3N2O2S. The van der Waals surface area contributed by atoms with Gasteiger partial charge in [0.15, 0.2) is 0 Å². The number of hydrogen-bond acceptors (Lipinski definition) is 3. The molecule has 0 saturated carbocycles. The standard InChI is InChI=1S/C24H27F3N2O2S/c1-16-29(32(16,30)31)23-13-20-5-4-17(10-21(20)14-23)8-18-9-19(15-28-6-2-3-7-28)12-22(11-18)24(25,26)27/h4-5,9-12,16,23H,2-3,6-8,13-15H2,1H3/t16?,23-,29?/m0/s1. The molecule has 2 saturated heterocycles. The minimum atomic E-state index is -4.37. The van der Waals surface area contributed by atoms with Gasteiger partial charge in [-0.1, -0.05) is 24.3 Å². The number of hydrogen-bond donors (Lipinski definition) is 0. The molecule has 3 atom stereocenters. The van der Waals surface area contributed by atoms with E-state index in [0.29, 0.717) is 36.9 Å². The summed E-state index contributed by atoms with van der Waals surface area (Å²) in [5.74, 6) is 0. The van der Waals surface area contributed by atoms with E-state index in [1.807, 2.05) is 24.3 Å². The molecule has 172 valence electrons. The van der Waals surface area contributed by atoms with Crippen LogP contribution in [0.15, 0.2) is 36.4 Å². The average Bonchev–Trinajstić information content (AvgIpc) is 3.14.